The summed E-state index contributed by atoms with van der Waals surface area (Å²) < 4.78 is 0. The maximum absolute atomic E-state index is 2.75. The van der Waals surface area contributed by atoms with Crippen molar-refractivity contribution in [2.45, 2.75) is 97.8 Å². The Labute approximate surface area is 583 Å². The predicted molar refractivity (Wildman–Crippen MR) is 422 cm³/mol. The molecule has 0 radical (unpaired) electrons. The van der Waals surface area contributed by atoms with E-state index in [1.165, 1.54) is 156 Å². The summed E-state index contributed by atoms with van der Waals surface area (Å²) in [4.78, 5) is 5.49. The molecular formula is C95H87BN2. The molecule has 0 bridgehead atoms. The van der Waals surface area contributed by atoms with Crippen molar-refractivity contribution in [3.05, 3.63) is 331 Å². The van der Waals surface area contributed by atoms with E-state index in [4.69, 9.17) is 0 Å². The first-order valence-electron chi connectivity index (χ1n) is 35.4. The van der Waals surface area contributed by atoms with Gasteiger partial charge < -0.3 is 9.80 Å². The van der Waals surface area contributed by atoms with Crippen LogP contribution >= 0.6 is 0 Å². The first-order valence-corrected chi connectivity index (χ1v) is 35.4. The molecule has 2 aliphatic heterocycles. The van der Waals surface area contributed by atoms with E-state index < -0.39 is 0 Å². The van der Waals surface area contributed by atoms with E-state index >= 15 is 0 Å². The normalized spacial score (nSPS) is 12.7. The molecule has 15 rings (SSSR count). The summed E-state index contributed by atoms with van der Waals surface area (Å²) in [5, 5.41) is 0. The largest absolute Gasteiger partial charge is 0.342 e. The highest BCUT2D eigenvalue weighted by atomic mass is 15.2. The van der Waals surface area contributed by atoms with Gasteiger partial charge in [-0.25, -0.2) is 0 Å². The minimum atomic E-state index is -0.173. The number of rotatable bonds is 15. The molecule has 0 fully saturated rings. The smallest absolute Gasteiger partial charge is 0.252 e. The number of anilines is 4. The fraction of sp³-hybridized carbons (Fsp3) is 0.179. The maximum Gasteiger partial charge on any atom is 0.252 e. The molecule has 3 heteroatoms. The molecule has 2 nitrogen and oxygen atoms in total. The molecule has 0 aromatic heterocycles. The summed E-state index contributed by atoms with van der Waals surface area (Å²) in [5.74, 6) is 0. The van der Waals surface area contributed by atoms with Crippen LogP contribution in [0.3, 0.4) is 0 Å². The Hall–Kier alpha value is -10.5. The Morgan fingerprint density at radius 1 is 0.245 bits per heavy atom. The van der Waals surface area contributed by atoms with E-state index in [-0.39, 0.29) is 23.0 Å². The topological polar surface area (TPSA) is 6.48 Å². The predicted octanol–water partition coefficient (Wildman–Crippen LogP) is 23.2. The van der Waals surface area contributed by atoms with E-state index in [1.807, 2.05) is 0 Å². The first kappa shape index (κ1) is 63.6. The molecule has 480 valence electrons. The Bertz CT molecular complexity index is 4870. The van der Waals surface area contributed by atoms with Crippen LogP contribution in [0.5, 0.6) is 0 Å². The summed E-state index contributed by atoms with van der Waals surface area (Å²) in [7, 11) is 0. The third-order valence-corrected chi connectivity index (χ3v) is 20.7. The summed E-state index contributed by atoms with van der Waals surface area (Å²) in [6.07, 6.45) is 2.60. The summed E-state index contributed by atoms with van der Waals surface area (Å²) in [5.41, 5.74) is 35.5. The van der Waals surface area contributed by atoms with Gasteiger partial charge in [-0.15, -0.1) is 0 Å². The quantitative estimate of drug-likeness (QED) is 0.0944. The lowest BCUT2D eigenvalue weighted by Gasteiger charge is -2.45. The van der Waals surface area contributed by atoms with Gasteiger partial charge in [0.2, 0.25) is 0 Å². The van der Waals surface area contributed by atoms with Crippen LogP contribution in [-0.2, 0) is 29.1 Å². The zero-order valence-electron chi connectivity index (χ0n) is 58.4. The zero-order valence-corrected chi connectivity index (χ0v) is 58.4. The summed E-state index contributed by atoms with van der Waals surface area (Å²) in [6.45, 7) is 22.9. The van der Waals surface area contributed by atoms with Crippen molar-refractivity contribution in [2.75, 3.05) is 22.9 Å². The van der Waals surface area contributed by atoms with Crippen molar-refractivity contribution in [3.63, 3.8) is 0 Å². The Morgan fingerprint density at radius 2 is 0.541 bits per heavy atom. The molecule has 0 unspecified atom stereocenters. The lowest BCUT2D eigenvalue weighted by molar-refractivity contribution is 0.589. The Balaban J connectivity index is 0.940. The van der Waals surface area contributed by atoms with Gasteiger partial charge in [-0.2, -0.15) is 0 Å². The molecule has 13 aromatic rings. The van der Waals surface area contributed by atoms with Crippen LogP contribution in [0.1, 0.15) is 96.6 Å². The van der Waals surface area contributed by atoms with Crippen molar-refractivity contribution in [3.8, 4) is 89.0 Å². The van der Waals surface area contributed by atoms with Gasteiger partial charge in [0.25, 0.3) is 6.71 Å². The van der Waals surface area contributed by atoms with Gasteiger partial charge in [-0.05, 0) is 205 Å². The third kappa shape index (κ3) is 12.6. The van der Waals surface area contributed by atoms with Gasteiger partial charge in [0.05, 0.1) is 0 Å². The van der Waals surface area contributed by atoms with Crippen LogP contribution in [0.4, 0.5) is 22.7 Å². The summed E-state index contributed by atoms with van der Waals surface area (Å²) in [6, 6.07) is 115. The van der Waals surface area contributed by atoms with Crippen LogP contribution < -0.4 is 26.2 Å². The number of fused-ring (bicyclic) bond motifs is 4. The molecule has 0 aliphatic carbocycles. The van der Waals surface area contributed by atoms with Gasteiger partial charge in [0.1, 0.15) is 0 Å². The van der Waals surface area contributed by atoms with Crippen LogP contribution in [0.25, 0.3) is 89.0 Å². The van der Waals surface area contributed by atoms with Crippen molar-refractivity contribution >= 4 is 45.9 Å². The van der Waals surface area contributed by atoms with Crippen LogP contribution in [0.2, 0.25) is 0 Å². The fourth-order valence-corrected chi connectivity index (χ4v) is 15.3. The molecule has 13 aromatic carbocycles. The maximum atomic E-state index is 2.75. The van der Waals surface area contributed by atoms with Crippen molar-refractivity contribution in [1.29, 1.82) is 0 Å². The average Bonchev–Trinajstić information content (AvgIpc) is 0.700. The molecular weight excluding hydrogens is 1180 g/mol. The molecule has 98 heavy (non-hydrogen) atoms. The van der Waals surface area contributed by atoms with Crippen molar-refractivity contribution in [1.82, 2.24) is 0 Å². The fourth-order valence-electron chi connectivity index (χ4n) is 15.3. The van der Waals surface area contributed by atoms with Gasteiger partial charge >= 0.3 is 0 Å². The Morgan fingerprint density at radius 3 is 0.908 bits per heavy atom. The number of nitrogens with zero attached hydrogens (tertiary/aromatic N) is 2. The molecule has 2 aliphatic rings. The lowest BCUT2D eigenvalue weighted by Crippen LogP contribution is -2.62. The monoisotopic (exact) mass is 1270 g/mol. The van der Waals surface area contributed by atoms with Gasteiger partial charge in [0, 0.05) is 35.8 Å². The number of hydrogen-bond donors (Lipinski definition) is 0. The van der Waals surface area contributed by atoms with E-state index in [0.717, 1.165) is 32.4 Å². The molecule has 0 saturated carbocycles. The highest BCUT2D eigenvalue weighted by molar-refractivity contribution is 7.00. The zero-order chi connectivity index (χ0) is 67.3. The van der Waals surface area contributed by atoms with E-state index in [0.29, 0.717) is 0 Å². The molecule has 0 saturated heterocycles. The highest BCUT2D eigenvalue weighted by Crippen LogP contribution is 2.46. The highest BCUT2D eigenvalue weighted by Gasteiger charge is 2.44. The Kier molecular flexibility index (Phi) is 17.0. The molecule has 0 atom stereocenters. The lowest BCUT2D eigenvalue weighted by atomic mass is 9.33. The van der Waals surface area contributed by atoms with E-state index in [1.54, 1.807) is 0 Å². The van der Waals surface area contributed by atoms with Gasteiger partial charge in [0.15, 0.2) is 0 Å². The third-order valence-electron chi connectivity index (χ3n) is 20.7. The van der Waals surface area contributed by atoms with Gasteiger partial charge in [-0.3, -0.25) is 0 Å². The minimum absolute atomic E-state index is 0.0474. The van der Waals surface area contributed by atoms with Crippen molar-refractivity contribution < 1.29 is 0 Å². The second-order valence-corrected chi connectivity index (χ2v) is 30.3. The standard InChI is InChI=1S/C95H87BN2/c1-93(2,3)77-59-82(69-39-24-14-25-40-69)80(83(60-77)70-41-26-15-27-42-70)47-30-53-97-88-50-48-73(67-35-20-12-21-36-67)57-86(88)96-87-58-74(68-37-22-13-23-38-68)49-51-89(87)98(91-64-79(95(7,8)9)63-90(97)92(91)96)54-52-81-84(75-45-28-43-71(55-75)65-31-16-10-17-32-65)61-78(94(4,5)6)62-85(81)76-46-29-44-72(56-76)66-33-18-11-19-34-66/h10-29,31-46,48-51,55-64H,30,47,52-54H2,1-9H3. The minimum Gasteiger partial charge on any atom is -0.342 e. The average molecular weight is 1270 g/mol. The summed E-state index contributed by atoms with van der Waals surface area (Å²) >= 11 is 0. The van der Waals surface area contributed by atoms with Crippen LogP contribution in [-0.4, -0.2) is 19.8 Å². The van der Waals surface area contributed by atoms with Crippen LogP contribution in [0, 0.1) is 0 Å². The van der Waals surface area contributed by atoms with E-state index in [9.17, 15) is 0 Å². The molecule has 0 N–H and O–H groups in total. The molecule has 0 amide bonds. The van der Waals surface area contributed by atoms with Crippen LogP contribution in [0.15, 0.2) is 303 Å². The number of benzene rings is 13. The second-order valence-electron chi connectivity index (χ2n) is 30.3. The van der Waals surface area contributed by atoms with E-state index in [2.05, 4.69) is 375 Å². The number of hydrogen-bond acceptors (Lipinski definition) is 2. The molecule has 2 heterocycles. The first-order chi connectivity index (χ1) is 47.5. The van der Waals surface area contributed by atoms with Gasteiger partial charge in [-0.1, -0.05) is 329 Å². The second kappa shape index (κ2) is 26.2. The SMILES string of the molecule is CC(C)(C)c1cc(-c2ccccc2)c(CCCN2c3ccc(-c4ccccc4)cc3B3c4cc(-c5ccccc5)ccc4N(CCc4c(-c5cccc(-c6ccccc6)c5)cc(C(C)(C)C)cc4-c4cccc(-c5ccccc5)c4)c4cc(C(C)(C)C)cc2c43)c(-c2ccccc2)c1. The molecule has 0 spiro atoms. The van der Waals surface area contributed by atoms with Crippen molar-refractivity contribution in [2.24, 2.45) is 0 Å².